The molecule has 0 bridgehead atoms. The van der Waals surface area contributed by atoms with Crippen molar-refractivity contribution in [2.45, 2.75) is 18.7 Å². The Labute approximate surface area is 192 Å². The number of thiazole rings is 1. The summed E-state index contributed by atoms with van der Waals surface area (Å²) in [6, 6.07) is 12.2. The van der Waals surface area contributed by atoms with Crippen LogP contribution in [0, 0.1) is 13.8 Å². The zero-order valence-corrected chi connectivity index (χ0v) is 19.9. The van der Waals surface area contributed by atoms with Gasteiger partial charge in [0.15, 0.2) is 15.0 Å². The van der Waals surface area contributed by atoms with Crippen molar-refractivity contribution in [3.8, 4) is 0 Å². The van der Waals surface area contributed by atoms with Crippen LogP contribution in [-0.4, -0.2) is 69.4 Å². The zero-order valence-electron chi connectivity index (χ0n) is 18.3. The van der Waals surface area contributed by atoms with Gasteiger partial charge in [-0.1, -0.05) is 35.6 Å². The molecular formula is C23H27N3O4S2. The number of aromatic nitrogens is 1. The van der Waals surface area contributed by atoms with E-state index in [1.165, 1.54) is 28.4 Å². The third-order valence-electron chi connectivity index (χ3n) is 5.76. The molecule has 32 heavy (non-hydrogen) atoms. The number of nitrogens with zero attached hydrogens (tertiary/aromatic N) is 3. The van der Waals surface area contributed by atoms with Crippen LogP contribution in [-0.2, 0) is 19.4 Å². The molecule has 3 aromatic rings. The van der Waals surface area contributed by atoms with Crippen molar-refractivity contribution in [2.24, 2.45) is 0 Å². The molecule has 1 aliphatic rings. The van der Waals surface area contributed by atoms with Crippen LogP contribution in [0.3, 0.4) is 0 Å². The number of hydrogen-bond acceptors (Lipinski definition) is 7. The summed E-state index contributed by atoms with van der Waals surface area (Å²) in [7, 11) is -3.75. The Morgan fingerprint density at radius 2 is 1.84 bits per heavy atom. The van der Waals surface area contributed by atoms with Crippen LogP contribution in [0.25, 0.3) is 10.2 Å². The molecule has 0 unspecified atom stereocenters. The number of anilines is 1. The van der Waals surface area contributed by atoms with Gasteiger partial charge >= 0.3 is 0 Å². The second-order valence-electron chi connectivity index (χ2n) is 7.92. The molecule has 0 atom stereocenters. The van der Waals surface area contributed by atoms with E-state index in [9.17, 15) is 13.2 Å². The first kappa shape index (κ1) is 22.8. The van der Waals surface area contributed by atoms with Crippen LogP contribution in [0.2, 0.25) is 0 Å². The Kier molecular flexibility index (Phi) is 6.90. The van der Waals surface area contributed by atoms with Crippen molar-refractivity contribution in [2.75, 3.05) is 50.0 Å². The van der Waals surface area contributed by atoms with E-state index in [1.807, 2.05) is 26.0 Å². The Morgan fingerprint density at radius 3 is 2.56 bits per heavy atom. The Balaban J connectivity index is 1.62. The highest BCUT2D eigenvalue weighted by atomic mass is 32.2. The number of ether oxygens (including phenoxy) is 1. The average Bonchev–Trinajstić information content (AvgIpc) is 3.22. The molecule has 0 N–H and O–H groups in total. The maximum atomic E-state index is 13.3. The second kappa shape index (κ2) is 9.66. The number of rotatable bonds is 7. The summed E-state index contributed by atoms with van der Waals surface area (Å²) in [6.07, 6.45) is 0. The van der Waals surface area contributed by atoms with Crippen LogP contribution >= 0.6 is 11.3 Å². The molecule has 1 fully saturated rings. The normalized spacial score (nSPS) is 15.2. The zero-order chi connectivity index (χ0) is 22.7. The van der Waals surface area contributed by atoms with Gasteiger partial charge in [-0.05, 0) is 43.2 Å². The summed E-state index contributed by atoms with van der Waals surface area (Å²) in [4.78, 5) is 22.0. The summed E-state index contributed by atoms with van der Waals surface area (Å²) < 4.78 is 32.1. The molecule has 2 aromatic carbocycles. The average molecular weight is 474 g/mol. The van der Waals surface area contributed by atoms with Gasteiger partial charge in [-0.3, -0.25) is 14.6 Å². The Bertz CT molecular complexity index is 1200. The van der Waals surface area contributed by atoms with Gasteiger partial charge < -0.3 is 4.74 Å². The maximum Gasteiger partial charge on any atom is 0.244 e. The molecule has 4 rings (SSSR count). The van der Waals surface area contributed by atoms with Crippen molar-refractivity contribution in [1.29, 1.82) is 0 Å². The van der Waals surface area contributed by atoms with E-state index < -0.39 is 21.5 Å². The molecule has 9 heteroatoms. The van der Waals surface area contributed by atoms with Crippen molar-refractivity contribution < 1.29 is 17.9 Å². The molecule has 1 aromatic heterocycles. The third kappa shape index (κ3) is 5.01. The minimum absolute atomic E-state index is 0.150. The number of carbonyl (C=O) groups excluding carboxylic acids is 1. The standard InChI is InChI=1S/C23H27N3O4S2/c1-17-8-9-20-22(18(17)2)24-23(31-20)26(11-10-25-12-14-30-15-13-25)21(27)16-32(28,29)19-6-4-3-5-7-19/h3-9H,10-16H2,1-2H3. The first-order valence-corrected chi connectivity index (χ1v) is 13.1. The fraction of sp³-hybridized carbons (Fsp3) is 0.391. The number of amides is 1. The van der Waals surface area contributed by atoms with Gasteiger partial charge in [-0.25, -0.2) is 13.4 Å². The highest BCUT2D eigenvalue weighted by Crippen LogP contribution is 2.32. The highest BCUT2D eigenvalue weighted by molar-refractivity contribution is 7.92. The van der Waals surface area contributed by atoms with Gasteiger partial charge in [0, 0.05) is 26.2 Å². The van der Waals surface area contributed by atoms with E-state index in [0.717, 1.165) is 34.4 Å². The highest BCUT2D eigenvalue weighted by Gasteiger charge is 2.27. The predicted molar refractivity (Wildman–Crippen MR) is 127 cm³/mol. The first-order chi connectivity index (χ1) is 15.3. The molecule has 1 amide bonds. The summed E-state index contributed by atoms with van der Waals surface area (Å²) in [5, 5.41) is 0.537. The van der Waals surface area contributed by atoms with Gasteiger partial charge in [0.25, 0.3) is 0 Å². The predicted octanol–water partition coefficient (Wildman–Crippen LogP) is 3.05. The van der Waals surface area contributed by atoms with Crippen LogP contribution in [0.4, 0.5) is 5.13 Å². The summed E-state index contributed by atoms with van der Waals surface area (Å²) >= 11 is 1.42. The molecule has 2 heterocycles. The lowest BCUT2D eigenvalue weighted by molar-refractivity contribution is -0.116. The Morgan fingerprint density at radius 1 is 1.12 bits per heavy atom. The lowest BCUT2D eigenvalue weighted by atomic mass is 10.1. The summed E-state index contributed by atoms with van der Waals surface area (Å²) in [5.41, 5.74) is 3.06. The van der Waals surface area contributed by atoms with Crippen LogP contribution in [0.5, 0.6) is 0 Å². The fourth-order valence-corrected chi connectivity index (χ4v) is 5.96. The molecule has 0 radical (unpaired) electrons. The molecule has 1 saturated heterocycles. The number of hydrogen-bond donors (Lipinski definition) is 0. The number of benzene rings is 2. The topological polar surface area (TPSA) is 79.8 Å². The van der Waals surface area contributed by atoms with E-state index in [0.29, 0.717) is 31.4 Å². The molecular weight excluding hydrogens is 446 g/mol. The van der Waals surface area contributed by atoms with Gasteiger partial charge in [0.2, 0.25) is 5.91 Å². The van der Waals surface area contributed by atoms with Gasteiger partial charge in [0.05, 0.1) is 28.3 Å². The van der Waals surface area contributed by atoms with Gasteiger partial charge in [0.1, 0.15) is 5.75 Å². The molecule has 0 saturated carbocycles. The summed E-state index contributed by atoms with van der Waals surface area (Å²) in [6.45, 7) is 7.97. The number of aryl methyl sites for hydroxylation is 2. The number of fused-ring (bicyclic) bond motifs is 1. The fourth-order valence-electron chi connectivity index (χ4n) is 3.67. The molecule has 170 valence electrons. The lowest BCUT2D eigenvalue weighted by Crippen LogP contribution is -2.44. The molecule has 0 spiro atoms. The number of sulfone groups is 1. The maximum absolute atomic E-state index is 13.3. The largest absolute Gasteiger partial charge is 0.379 e. The van der Waals surface area contributed by atoms with Crippen LogP contribution in [0.15, 0.2) is 47.4 Å². The SMILES string of the molecule is Cc1ccc2sc(N(CCN3CCOCC3)C(=O)CS(=O)(=O)c3ccccc3)nc2c1C. The quantitative estimate of drug-likeness (QED) is 0.525. The summed E-state index contributed by atoms with van der Waals surface area (Å²) in [5.74, 6) is -1.05. The monoisotopic (exact) mass is 473 g/mol. The smallest absolute Gasteiger partial charge is 0.244 e. The van der Waals surface area contributed by atoms with Gasteiger partial charge in [-0.15, -0.1) is 0 Å². The van der Waals surface area contributed by atoms with Crippen LogP contribution in [0.1, 0.15) is 11.1 Å². The van der Waals surface area contributed by atoms with Gasteiger partial charge in [-0.2, -0.15) is 0 Å². The minimum Gasteiger partial charge on any atom is -0.379 e. The lowest BCUT2D eigenvalue weighted by Gasteiger charge is -2.29. The molecule has 1 aliphatic heterocycles. The third-order valence-corrected chi connectivity index (χ3v) is 8.43. The molecule has 7 nitrogen and oxygen atoms in total. The van der Waals surface area contributed by atoms with Crippen molar-refractivity contribution >= 4 is 42.4 Å². The van der Waals surface area contributed by atoms with E-state index >= 15 is 0 Å². The van der Waals surface area contributed by atoms with Crippen molar-refractivity contribution in [1.82, 2.24) is 9.88 Å². The van der Waals surface area contributed by atoms with E-state index in [4.69, 9.17) is 9.72 Å². The Hall–Kier alpha value is -2.33. The first-order valence-electron chi connectivity index (χ1n) is 10.6. The number of carbonyl (C=O) groups is 1. The number of morpholine rings is 1. The van der Waals surface area contributed by atoms with Crippen molar-refractivity contribution in [3.63, 3.8) is 0 Å². The van der Waals surface area contributed by atoms with E-state index in [2.05, 4.69) is 4.90 Å². The second-order valence-corrected chi connectivity index (χ2v) is 10.9. The minimum atomic E-state index is -3.75. The van der Waals surface area contributed by atoms with E-state index in [-0.39, 0.29) is 4.90 Å². The molecule has 0 aliphatic carbocycles. The van der Waals surface area contributed by atoms with E-state index in [1.54, 1.807) is 18.2 Å². The van der Waals surface area contributed by atoms with Crippen LogP contribution < -0.4 is 4.90 Å². The van der Waals surface area contributed by atoms with Crippen molar-refractivity contribution in [3.05, 3.63) is 53.6 Å².